The molecule has 1 aliphatic heterocycles. The SMILES string of the molecule is Cc1ccc(CNC(=O)CN2C(=O)[C@@H]3CC=CC[C@H]3C2=O)cc1. The van der Waals surface area contributed by atoms with Gasteiger partial charge >= 0.3 is 0 Å². The molecule has 0 bridgehead atoms. The van der Waals surface area contributed by atoms with E-state index in [1.54, 1.807) is 0 Å². The lowest BCUT2D eigenvalue weighted by atomic mass is 9.85. The number of nitrogens with one attached hydrogen (secondary N) is 1. The molecule has 3 amide bonds. The van der Waals surface area contributed by atoms with E-state index in [4.69, 9.17) is 0 Å². The topological polar surface area (TPSA) is 66.5 Å². The summed E-state index contributed by atoms with van der Waals surface area (Å²) >= 11 is 0. The van der Waals surface area contributed by atoms with Crippen LogP contribution in [0.5, 0.6) is 0 Å². The number of carbonyl (C=O) groups excluding carboxylic acids is 3. The van der Waals surface area contributed by atoms with Gasteiger partial charge in [0, 0.05) is 6.54 Å². The molecule has 2 aliphatic rings. The van der Waals surface area contributed by atoms with Crippen LogP contribution in [0, 0.1) is 18.8 Å². The molecule has 5 nitrogen and oxygen atoms in total. The third-order valence-corrected chi connectivity index (χ3v) is 4.51. The highest BCUT2D eigenvalue weighted by Gasteiger charge is 2.47. The van der Waals surface area contributed by atoms with Crippen molar-refractivity contribution in [2.24, 2.45) is 11.8 Å². The molecule has 0 radical (unpaired) electrons. The van der Waals surface area contributed by atoms with Gasteiger partial charge < -0.3 is 5.32 Å². The van der Waals surface area contributed by atoms with Gasteiger partial charge in [0.2, 0.25) is 17.7 Å². The zero-order chi connectivity index (χ0) is 16.4. The summed E-state index contributed by atoms with van der Waals surface area (Å²) in [5.74, 6) is -1.29. The number of likely N-dealkylation sites (tertiary alicyclic amines) is 1. The van der Waals surface area contributed by atoms with E-state index in [9.17, 15) is 14.4 Å². The molecule has 3 rings (SSSR count). The van der Waals surface area contributed by atoms with Crippen molar-refractivity contribution in [1.29, 1.82) is 0 Å². The van der Waals surface area contributed by atoms with Crippen molar-refractivity contribution in [3.8, 4) is 0 Å². The van der Waals surface area contributed by atoms with E-state index in [0.29, 0.717) is 19.4 Å². The molecule has 1 saturated heterocycles. The molecule has 0 unspecified atom stereocenters. The van der Waals surface area contributed by atoms with Gasteiger partial charge in [-0.25, -0.2) is 0 Å². The van der Waals surface area contributed by atoms with Crippen LogP contribution in [0.25, 0.3) is 0 Å². The van der Waals surface area contributed by atoms with Crippen LogP contribution in [-0.4, -0.2) is 29.2 Å². The Morgan fingerprint density at radius 1 is 1.09 bits per heavy atom. The fourth-order valence-electron chi connectivity index (χ4n) is 3.13. The predicted molar refractivity (Wildman–Crippen MR) is 85.1 cm³/mol. The summed E-state index contributed by atoms with van der Waals surface area (Å²) in [5, 5.41) is 2.77. The predicted octanol–water partition coefficient (Wildman–Crippen LogP) is 1.56. The van der Waals surface area contributed by atoms with E-state index in [1.807, 2.05) is 43.3 Å². The van der Waals surface area contributed by atoms with Gasteiger partial charge in [0.25, 0.3) is 0 Å². The van der Waals surface area contributed by atoms with Crippen molar-refractivity contribution < 1.29 is 14.4 Å². The number of hydrogen-bond donors (Lipinski definition) is 1. The lowest BCUT2D eigenvalue weighted by molar-refractivity contribution is -0.143. The molecule has 1 aromatic carbocycles. The number of imide groups is 1. The quantitative estimate of drug-likeness (QED) is 0.678. The molecular formula is C18H20N2O3. The van der Waals surface area contributed by atoms with Crippen LogP contribution in [0.1, 0.15) is 24.0 Å². The molecule has 1 aliphatic carbocycles. The fourth-order valence-corrected chi connectivity index (χ4v) is 3.13. The zero-order valence-electron chi connectivity index (χ0n) is 13.1. The maximum Gasteiger partial charge on any atom is 0.240 e. The Kier molecular flexibility index (Phi) is 4.28. The number of rotatable bonds is 4. The standard InChI is InChI=1S/C18H20N2O3/c1-12-6-8-13(9-7-12)10-19-16(21)11-20-17(22)14-4-2-3-5-15(14)18(20)23/h2-3,6-9,14-15H,4-5,10-11H2,1H3,(H,19,21)/t14-,15-/m1/s1. The first kappa shape index (κ1) is 15.5. The van der Waals surface area contributed by atoms with Crippen molar-refractivity contribution >= 4 is 17.7 Å². The van der Waals surface area contributed by atoms with Crippen LogP contribution < -0.4 is 5.32 Å². The summed E-state index contributed by atoms with van der Waals surface area (Å²) in [7, 11) is 0. The normalized spacial score (nSPS) is 23.1. The van der Waals surface area contributed by atoms with Crippen LogP contribution in [-0.2, 0) is 20.9 Å². The first-order chi connectivity index (χ1) is 11.1. The molecule has 23 heavy (non-hydrogen) atoms. The summed E-state index contributed by atoms with van der Waals surface area (Å²) < 4.78 is 0. The second-order valence-electron chi connectivity index (χ2n) is 6.18. The number of allylic oxidation sites excluding steroid dienone is 2. The molecule has 1 aromatic rings. The highest BCUT2D eigenvalue weighted by atomic mass is 16.2. The minimum Gasteiger partial charge on any atom is -0.350 e. The van der Waals surface area contributed by atoms with Crippen LogP contribution in [0.4, 0.5) is 0 Å². The second kappa shape index (κ2) is 6.36. The number of hydrogen-bond acceptors (Lipinski definition) is 3. The highest BCUT2D eigenvalue weighted by Crippen LogP contribution is 2.34. The Balaban J connectivity index is 1.56. The molecular weight excluding hydrogens is 292 g/mol. The van der Waals surface area contributed by atoms with Crippen molar-refractivity contribution in [2.75, 3.05) is 6.54 Å². The second-order valence-corrected chi connectivity index (χ2v) is 6.18. The van der Waals surface area contributed by atoms with Crippen LogP contribution in [0.2, 0.25) is 0 Å². The average Bonchev–Trinajstić information content (AvgIpc) is 2.80. The zero-order valence-corrected chi connectivity index (χ0v) is 13.1. The number of nitrogens with zero attached hydrogens (tertiary/aromatic N) is 1. The van der Waals surface area contributed by atoms with E-state index in [-0.39, 0.29) is 36.1 Å². The van der Waals surface area contributed by atoms with Crippen molar-refractivity contribution in [3.05, 3.63) is 47.5 Å². The number of fused-ring (bicyclic) bond motifs is 1. The van der Waals surface area contributed by atoms with E-state index in [1.165, 1.54) is 0 Å². The minimum absolute atomic E-state index is 0.184. The third-order valence-electron chi connectivity index (χ3n) is 4.51. The monoisotopic (exact) mass is 312 g/mol. The molecule has 5 heteroatoms. The van der Waals surface area contributed by atoms with E-state index in [0.717, 1.165) is 16.0 Å². The Labute approximate surface area is 135 Å². The summed E-state index contributed by atoms with van der Waals surface area (Å²) in [6, 6.07) is 7.85. The fraction of sp³-hybridized carbons (Fsp3) is 0.389. The molecule has 120 valence electrons. The molecule has 1 fully saturated rings. The van der Waals surface area contributed by atoms with Gasteiger partial charge in [-0.05, 0) is 25.3 Å². The van der Waals surface area contributed by atoms with Gasteiger partial charge in [0.15, 0.2) is 0 Å². The lowest BCUT2D eigenvalue weighted by Gasteiger charge is -2.14. The van der Waals surface area contributed by atoms with Crippen molar-refractivity contribution in [2.45, 2.75) is 26.3 Å². The number of benzene rings is 1. The first-order valence-electron chi connectivity index (χ1n) is 7.88. The Bertz CT molecular complexity index is 637. The van der Waals surface area contributed by atoms with E-state index < -0.39 is 0 Å². The van der Waals surface area contributed by atoms with Gasteiger partial charge in [-0.3, -0.25) is 19.3 Å². The molecule has 0 spiro atoms. The van der Waals surface area contributed by atoms with Crippen molar-refractivity contribution in [1.82, 2.24) is 10.2 Å². The Morgan fingerprint density at radius 3 is 2.22 bits per heavy atom. The van der Waals surface area contributed by atoms with Gasteiger partial charge in [0.05, 0.1) is 11.8 Å². The summed E-state index contributed by atoms with van der Waals surface area (Å²) in [4.78, 5) is 37.8. The summed E-state index contributed by atoms with van der Waals surface area (Å²) in [6.07, 6.45) is 5.06. The minimum atomic E-state index is -0.307. The van der Waals surface area contributed by atoms with E-state index >= 15 is 0 Å². The van der Waals surface area contributed by atoms with Gasteiger partial charge in [-0.2, -0.15) is 0 Å². The smallest absolute Gasteiger partial charge is 0.240 e. The molecule has 2 atom stereocenters. The Hall–Kier alpha value is -2.43. The first-order valence-corrected chi connectivity index (χ1v) is 7.88. The van der Waals surface area contributed by atoms with E-state index in [2.05, 4.69) is 5.32 Å². The molecule has 0 aromatic heterocycles. The van der Waals surface area contributed by atoms with Gasteiger partial charge in [-0.1, -0.05) is 42.0 Å². The average molecular weight is 312 g/mol. The third kappa shape index (κ3) is 3.18. The van der Waals surface area contributed by atoms with Gasteiger partial charge in [0.1, 0.15) is 6.54 Å². The largest absolute Gasteiger partial charge is 0.350 e. The van der Waals surface area contributed by atoms with Crippen LogP contribution in [0.15, 0.2) is 36.4 Å². The molecule has 0 saturated carbocycles. The maximum atomic E-state index is 12.3. The lowest BCUT2D eigenvalue weighted by Crippen LogP contribution is -2.40. The number of carbonyl (C=O) groups is 3. The number of aryl methyl sites for hydroxylation is 1. The highest BCUT2D eigenvalue weighted by molar-refractivity contribution is 6.07. The summed E-state index contributed by atoms with van der Waals surface area (Å²) in [5.41, 5.74) is 2.14. The maximum absolute atomic E-state index is 12.3. The van der Waals surface area contributed by atoms with Crippen LogP contribution in [0.3, 0.4) is 0 Å². The van der Waals surface area contributed by atoms with Crippen molar-refractivity contribution in [3.63, 3.8) is 0 Å². The molecule has 1 N–H and O–H groups in total. The number of amides is 3. The molecule has 1 heterocycles. The van der Waals surface area contributed by atoms with Crippen LogP contribution >= 0.6 is 0 Å². The summed E-state index contributed by atoms with van der Waals surface area (Å²) in [6.45, 7) is 2.21. The Morgan fingerprint density at radius 2 is 1.65 bits per heavy atom. The van der Waals surface area contributed by atoms with Gasteiger partial charge in [-0.15, -0.1) is 0 Å².